The van der Waals surface area contributed by atoms with Crippen LogP contribution in [0.1, 0.15) is 17.5 Å². The maximum Gasteiger partial charge on any atom is 0.118 e. The van der Waals surface area contributed by atoms with Crippen LogP contribution >= 0.6 is 11.6 Å². The van der Waals surface area contributed by atoms with Crippen LogP contribution in [0.2, 0.25) is 5.02 Å². The fraction of sp³-hybridized carbons (Fsp3) is 0.176. The molecule has 1 nitrogen and oxygen atoms in total. The molecule has 2 rings (SSSR count). The number of benzene rings is 2. The van der Waals surface area contributed by atoms with Crippen molar-refractivity contribution in [1.29, 1.82) is 0 Å². The number of hydrogen-bond donors (Lipinski definition) is 0. The molecule has 0 saturated heterocycles. The molecule has 0 fully saturated rings. The van der Waals surface area contributed by atoms with E-state index in [0.717, 1.165) is 23.6 Å². The van der Waals surface area contributed by atoms with Gasteiger partial charge in [0, 0.05) is 5.02 Å². The van der Waals surface area contributed by atoms with Gasteiger partial charge < -0.3 is 4.74 Å². The van der Waals surface area contributed by atoms with E-state index in [2.05, 4.69) is 24.3 Å². The molecule has 0 aliphatic carbocycles. The summed E-state index contributed by atoms with van der Waals surface area (Å²) in [4.78, 5) is 0. The average Bonchev–Trinajstić information content (AvgIpc) is 2.46. The molecule has 0 heterocycles. The third kappa shape index (κ3) is 4.46. The quantitative estimate of drug-likeness (QED) is 0.745. The number of ether oxygens (including phenoxy) is 1. The lowest BCUT2D eigenvalue weighted by atomic mass is 10.1. The van der Waals surface area contributed by atoms with Crippen LogP contribution in [0.4, 0.5) is 0 Å². The smallest absolute Gasteiger partial charge is 0.118 e. The zero-order chi connectivity index (χ0) is 13.5. The summed E-state index contributed by atoms with van der Waals surface area (Å²) < 4.78 is 5.14. The second kappa shape index (κ2) is 7.01. The molecule has 2 aromatic carbocycles. The first-order chi connectivity index (χ1) is 9.28. The van der Waals surface area contributed by atoms with Crippen molar-refractivity contribution < 1.29 is 4.74 Å². The Morgan fingerprint density at radius 1 is 1.00 bits per heavy atom. The summed E-state index contributed by atoms with van der Waals surface area (Å²) in [6, 6.07) is 16.1. The van der Waals surface area contributed by atoms with Crippen molar-refractivity contribution in [2.75, 3.05) is 7.11 Å². The van der Waals surface area contributed by atoms with Gasteiger partial charge in [0.15, 0.2) is 0 Å². The fourth-order valence-corrected chi connectivity index (χ4v) is 1.96. The van der Waals surface area contributed by atoms with E-state index in [9.17, 15) is 0 Å². The van der Waals surface area contributed by atoms with Crippen LogP contribution in [0.5, 0.6) is 5.75 Å². The minimum Gasteiger partial charge on any atom is -0.497 e. The standard InChI is InChI=1S/C17H17ClO/c1-19-17-12-8-15(9-13-17)5-3-2-4-14-6-10-16(18)11-7-14/h2,4,6-13H,3,5H2,1H3/b4-2+. The van der Waals surface area contributed by atoms with Gasteiger partial charge in [0.2, 0.25) is 0 Å². The lowest BCUT2D eigenvalue weighted by Crippen LogP contribution is -1.85. The monoisotopic (exact) mass is 272 g/mol. The minimum atomic E-state index is 0.774. The molecule has 0 amide bonds. The molecular weight excluding hydrogens is 256 g/mol. The van der Waals surface area contributed by atoms with E-state index < -0.39 is 0 Å². The van der Waals surface area contributed by atoms with E-state index in [0.29, 0.717) is 0 Å². The van der Waals surface area contributed by atoms with Crippen molar-refractivity contribution in [3.05, 3.63) is 70.8 Å². The highest BCUT2D eigenvalue weighted by Crippen LogP contribution is 2.14. The number of methoxy groups -OCH3 is 1. The largest absolute Gasteiger partial charge is 0.497 e. The summed E-state index contributed by atoms with van der Waals surface area (Å²) in [6.45, 7) is 0. The van der Waals surface area contributed by atoms with Gasteiger partial charge in [0.05, 0.1) is 7.11 Å². The molecule has 19 heavy (non-hydrogen) atoms. The number of hydrogen-bond acceptors (Lipinski definition) is 1. The molecule has 0 N–H and O–H groups in total. The van der Waals surface area contributed by atoms with Crippen LogP contribution in [0.25, 0.3) is 6.08 Å². The summed E-state index contributed by atoms with van der Waals surface area (Å²) in [6.07, 6.45) is 6.37. The zero-order valence-electron chi connectivity index (χ0n) is 11.0. The lowest BCUT2D eigenvalue weighted by molar-refractivity contribution is 0.414. The second-order valence-corrected chi connectivity index (χ2v) is 4.78. The first-order valence-corrected chi connectivity index (χ1v) is 6.71. The predicted molar refractivity (Wildman–Crippen MR) is 81.8 cm³/mol. The molecule has 0 radical (unpaired) electrons. The van der Waals surface area contributed by atoms with Gasteiger partial charge in [-0.05, 0) is 48.2 Å². The number of aryl methyl sites for hydroxylation is 1. The normalized spacial score (nSPS) is 10.8. The maximum absolute atomic E-state index is 5.84. The van der Waals surface area contributed by atoms with E-state index in [4.69, 9.17) is 16.3 Å². The third-order valence-electron chi connectivity index (χ3n) is 2.94. The highest BCUT2D eigenvalue weighted by atomic mass is 35.5. The van der Waals surface area contributed by atoms with Gasteiger partial charge in [-0.1, -0.05) is 48.0 Å². The van der Waals surface area contributed by atoms with Crippen molar-refractivity contribution >= 4 is 17.7 Å². The molecule has 0 bridgehead atoms. The Labute approximate surface area is 119 Å². The van der Waals surface area contributed by atoms with Crippen LogP contribution in [-0.4, -0.2) is 7.11 Å². The number of rotatable bonds is 5. The maximum atomic E-state index is 5.84. The zero-order valence-corrected chi connectivity index (χ0v) is 11.7. The van der Waals surface area contributed by atoms with E-state index in [1.54, 1.807) is 7.11 Å². The molecule has 98 valence electrons. The highest BCUT2D eigenvalue weighted by Gasteiger charge is 1.93. The van der Waals surface area contributed by atoms with Gasteiger partial charge in [0.1, 0.15) is 5.75 Å². The second-order valence-electron chi connectivity index (χ2n) is 4.34. The molecule has 0 aliphatic heterocycles. The fourth-order valence-electron chi connectivity index (χ4n) is 1.84. The van der Waals surface area contributed by atoms with Gasteiger partial charge >= 0.3 is 0 Å². The van der Waals surface area contributed by atoms with Gasteiger partial charge in [0.25, 0.3) is 0 Å². The van der Waals surface area contributed by atoms with Crippen LogP contribution in [0, 0.1) is 0 Å². The van der Waals surface area contributed by atoms with Gasteiger partial charge in [-0.2, -0.15) is 0 Å². The Balaban J connectivity index is 1.83. The molecule has 0 saturated carbocycles. The highest BCUT2D eigenvalue weighted by molar-refractivity contribution is 6.30. The Morgan fingerprint density at radius 2 is 1.68 bits per heavy atom. The summed E-state index contributed by atoms with van der Waals surface area (Å²) in [5.41, 5.74) is 2.50. The molecular formula is C17H17ClO. The Kier molecular flexibility index (Phi) is 5.05. The lowest BCUT2D eigenvalue weighted by Gasteiger charge is -2.01. The minimum absolute atomic E-state index is 0.774. The van der Waals surface area contributed by atoms with Crippen molar-refractivity contribution in [2.24, 2.45) is 0 Å². The Bertz CT molecular complexity index is 526. The van der Waals surface area contributed by atoms with Crippen molar-refractivity contribution in [3.63, 3.8) is 0 Å². The van der Waals surface area contributed by atoms with Crippen LogP contribution in [-0.2, 0) is 6.42 Å². The first-order valence-electron chi connectivity index (χ1n) is 6.33. The topological polar surface area (TPSA) is 9.23 Å². The van der Waals surface area contributed by atoms with Gasteiger partial charge in [-0.15, -0.1) is 0 Å². The Morgan fingerprint density at radius 3 is 2.32 bits per heavy atom. The number of halogens is 1. The summed E-state index contributed by atoms with van der Waals surface area (Å²) in [7, 11) is 1.68. The first kappa shape index (κ1) is 13.7. The molecule has 2 heteroatoms. The molecule has 0 unspecified atom stereocenters. The van der Waals surface area contributed by atoms with E-state index in [1.807, 2.05) is 36.4 Å². The van der Waals surface area contributed by atoms with Crippen LogP contribution < -0.4 is 4.74 Å². The van der Waals surface area contributed by atoms with Gasteiger partial charge in [-0.25, -0.2) is 0 Å². The van der Waals surface area contributed by atoms with E-state index in [-0.39, 0.29) is 0 Å². The molecule has 2 aromatic rings. The summed E-state index contributed by atoms with van der Waals surface area (Å²) >= 11 is 5.84. The van der Waals surface area contributed by atoms with E-state index >= 15 is 0 Å². The SMILES string of the molecule is COc1ccc(CC/C=C/c2ccc(Cl)cc2)cc1. The average molecular weight is 273 g/mol. The van der Waals surface area contributed by atoms with Crippen molar-refractivity contribution in [3.8, 4) is 5.75 Å². The third-order valence-corrected chi connectivity index (χ3v) is 3.19. The van der Waals surface area contributed by atoms with Crippen LogP contribution in [0.3, 0.4) is 0 Å². The van der Waals surface area contributed by atoms with Crippen molar-refractivity contribution in [1.82, 2.24) is 0 Å². The Hall–Kier alpha value is -1.73. The molecule has 0 aliphatic rings. The summed E-state index contributed by atoms with van der Waals surface area (Å²) in [5.74, 6) is 0.903. The number of allylic oxidation sites excluding steroid dienone is 1. The molecule has 0 atom stereocenters. The van der Waals surface area contributed by atoms with E-state index in [1.165, 1.54) is 11.1 Å². The van der Waals surface area contributed by atoms with Crippen LogP contribution in [0.15, 0.2) is 54.6 Å². The molecule has 0 spiro atoms. The van der Waals surface area contributed by atoms with Gasteiger partial charge in [-0.3, -0.25) is 0 Å². The summed E-state index contributed by atoms with van der Waals surface area (Å²) in [5, 5.41) is 0.774. The van der Waals surface area contributed by atoms with Crippen molar-refractivity contribution in [2.45, 2.75) is 12.8 Å². The predicted octanol–water partition coefficient (Wildman–Crippen LogP) is 4.99. The molecule has 0 aromatic heterocycles.